The van der Waals surface area contributed by atoms with Gasteiger partial charge in [0.1, 0.15) is 0 Å². The molecule has 146 valence electrons. The first kappa shape index (κ1) is 19.8. The van der Waals surface area contributed by atoms with E-state index in [1.165, 1.54) is 18.2 Å². The van der Waals surface area contributed by atoms with E-state index in [2.05, 4.69) is 10.3 Å². The van der Waals surface area contributed by atoms with Crippen LogP contribution in [0.4, 0.5) is 13.2 Å². The third kappa shape index (κ3) is 4.14. The first-order valence-corrected chi connectivity index (χ1v) is 8.73. The number of hydrogen-bond acceptors (Lipinski definition) is 3. The SMILES string of the molecule is CN(C)C(CNC(=O)c1cnc2ccccc2c1C(F)(F)F)c1ccccc1. The van der Waals surface area contributed by atoms with Crippen molar-refractivity contribution in [2.75, 3.05) is 20.6 Å². The molecule has 2 aromatic carbocycles. The van der Waals surface area contributed by atoms with Gasteiger partial charge in [-0.05, 0) is 25.7 Å². The summed E-state index contributed by atoms with van der Waals surface area (Å²) < 4.78 is 41.1. The third-order valence-corrected chi connectivity index (χ3v) is 4.57. The minimum Gasteiger partial charge on any atom is -0.350 e. The van der Waals surface area contributed by atoms with Crippen LogP contribution in [-0.2, 0) is 6.18 Å². The Bertz CT molecular complexity index is 972. The van der Waals surface area contributed by atoms with Crippen LogP contribution in [0.15, 0.2) is 60.8 Å². The summed E-state index contributed by atoms with van der Waals surface area (Å²) in [6.07, 6.45) is -3.68. The van der Waals surface area contributed by atoms with Gasteiger partial charge in [-0.1, -0.05) is 48.5 Å². The number of rotatable bonds is 5. The predicted molar refractivity (Wildman–Crippen MR) is 102 cm³/mol. The van der Waals surface area contributed by atoms with Crippen molar-refractivity contribution in [1.82, 2.24) is 15.2 Å². The Kier molecular flexibility index (Phi) is 5.65. The Labute approximate surface area is 161 Å². The lowest BCUT2D eigenvalue weighted by atomic mass is 10.0. The van der Waals surface area contributed by atoms with Gasteiger partial charge in [-0.25, -0.2) is 0 Å². The standard InChI is InChI=1S/C21H20F3N3O/c1-27(2)18(14-8-4-3-5-9-14)13-26-20(28)16-12-25-17-11-7-6-10-15(17)19(16)21(22,23)24/h3-12,18H,13H2,1-2H3,(H,26,28). The highest BCUT2D eigenvalue weighted by Gasteiger charge is 2.37. The predicted octanol–water partition coefficient (Wildman–Crippen LogP) is 4.29. The molecule has 1 aromatic heterocycles. The van der Waals surface area contributed by atoms with Crippen LogP contribution in [0.5, 0.6) is 0 Å². The van der Waals surface area contributed by atoms with Crippen molar-refractivity contribution in [3.63, 3.8) is 0 Å². The summed E-state index contributed by atoms with van der Waals surface area (Å²) in [7, 11) is 3.70. The Hall–Kier alpha value is -2.93. The molecule has 3 aromatic rings. The summed E-state index contributed by atoms with van der Waals surface area (Å²) in [5, 5.41) is 2.55. The number of para-hydroxylation sites is 1. The Morgan fingerprint density at radius 2 is 1.71 bits per heavy atom. The maximum Gasteiger partial charge on any atom is 0.417 e. The summed E-state index contributed by atoms with van der Waals surface area (Å²) in [4.78, 5) is 18.6. The molecule has 0 bridgehead atoms. The van der Waals surface area contributed by atoms with Gasteiger partial charge < -0.3 is 10.2 Å². The highest BCUT2D eigenvalue weighted by molar-refractivity contribution is 6.00. The van der Waals surface area contributed by atoms with E-state index < -0.39 is 23.2 Å². The number of carbonyl (C=O) groups is 1. The van der Waals surface area contributed by atoms with Gasteiger partial charge in [-0.3, -0.25) is 9.78 Å². The molecule has 7 heteroatoms. The van der Waals surface area contributed by atoms with E-state index in [0.29, 0.717) is 0 Å². The maximum atomic E-state index is 13.7. The largest absolute Gasteiger partial charge is 0.417 e. The summed E-state index contributed by atoms with van der Waals surface area (Å²) in [5.74, 6) is -0.798. The summed E-state index contributed by atoms with van der Waals surface area (Å²) in [6.45, 7) is 0.167. The number of alkyl halides is 3. The average molecular weight is 387 g/mol. The van der Waals surface area contributed by atoms with E-state index in [9.17, 15) is 18.0 Å². The number of halogens is 3. The van der Waals surface area contributed by atoms with Crippen LogP contribution >= 0.6 is 0 Å². The van der Waals surface area contributed by atoms with Gasteiger partial charge in [0.15, 0.2) is 0 Å². The second kappa shape index (κ2) is 7.98. The minimum absolute atomic E-state index is 0.0881. The van der Waals surface area contributed by atoms with Crippen molar-refractivity contribution in [3.8, 4) is 0 Å². The Balaban J connectivity index is 1.91. The van der Waals surface area contributed by atoms with Crippen LogP contribution in [0.2, 0.25) is 0 Å². The zero-order chi connectivity index (χ0) is 20.3. The number of fused-ring (bicyclic) bond motifs is 1. The van der Waals surface area contributed by atoms with E-state index >= 15 is 0 Å². The highest BCUT2D eigenvalue weighted by atomic mass is 19.4. The molecule has 1 atom stereocenters. The van der Waals surface area contributed by atoms with Crippen molar-refractivity contribution < 1.29 is 18.0 Å². The van der Waals surface area contributed by atoms with Gasteiger partial charge in [0.25, 0.3) is 5.91 Å². The third-order valence-electron chi connectivity index (χ3n) is 4.57. The normalized spacial score (nSPS) is 12.9. The second-order valence-electron chi connectivity index (χ2n) is 6.66. The molecule has 1 unspecified atom stereocenters. The highest BCUT2D eigenvalue weighted by Crippen LogP contribution is 2.36. The van der Waals surface area contributed by atoms with Crippen molar-refractivity contribution in [3.05, 3.63) is 77.5 Å². The zero-order valence-electron chi connectivity index (χ0n) is 15.5. The van der Waals surface area contributed by atoms with Crippen LogP contribution in [0.3, 0.4) is 0 Å². The van der Waals surface area contributed by atoms with Gasteiger partial charge in [-0.2, -0.15) is 13.2 Å². The second-order valence-corrected chi connectivity index (χ2v) is 6.66. The number of nitrogens with one attached hydrogen (secondary N) is 1. The zero-order valence-corrected chi connectivity index (χ0v) is 15.5. The van der Waals surface area contributed by atoms with Crippen LogP contribution in [0.1, 0.15) is 27.5 Å². The molecule has 0 aliphatic heterocycles. The molecule has 1 amide bonds. The average Bonchev–Trinajstić information content (AvgIpc) is 2.66. The molecule has 0 aliphatic rings. The molecule has 4 nitrogen and oxygen atoms in total. The Morgan fingerprint density at radius 1 is 1.07 bits per heavy atom. The fourth-order valence-corrected chi connectivity index (χ4v) is 3.18. The van der Waals surface area contributed by atoms with E-state index in [1.54, 1.807) is 6.07 Å². The van der Waals surface area contributed by atoms with Gasteiger partial charge in [0.05, 0.1) is 22.7 Å². The number of amides is 1. The summed E-state index contributed by atoms with van der Waals surface area (Å²) in [5.41, 5.74) is -0.282. The van der Waals surface area contributed by atoms with Gasteiger partial charge in [0.2, 0.25) is 0 Å². The molecule has 0 saturated heterocycles. The molecule has 1 N–H and O–H groups in total. The van der Waals surface area contributed by atoms with Crippen molar-refractivity contribution in [2.24, 2.45) is 0 Å². The van der Waals surface area contributed by atoms with Gasteiger partial charge in [-0.15, -0.1) is 0 Å². The number of pyridine rings is 1. The molecule has 0 aliphatic carbocycles. The lowest BCUT2D eigenvalue weighted by Gasteiger charge is -2.25. The summed E-state index contributed by atoms with van der Waals surface area (Å²) >= 11 is 0. The monoisotopic (exact) mass is 387 g/mol. The van der Waals surface area contributed by atoms with E-state index in [-0.39, 0.29) is 23.5 Å². The maximum absolute atomic E-state index is 13.7. The minimum atomic E-state index is -4.67. The number of carbonyl (C=O) groups excluding carboxylic acids is 1. The number of benzene rings is 2. The molecule has 0 fully saturated rings. The molecular weight excluding hydrogens is 367 g/mol. The number of hydrogen-bond donors (Lipinski definition) is 1. The molecule has 0 saturated carbocycles. The van der Waals surface area contributed by atoms with Crippen LogP contribution in [0, 0.1) is 0 Å². The first-order chi connectivity index (χ1) is 13.3. The molecular formula is C21H20F3N3O. The lowest BCUT2D eigenvalue weighted by molar-refractivity contribution is -0.136. The van der Waals surface area contributed by atoms with E-state index in [1.807, 2.05) is 49.3 Å². The van der Waals surface area contributed by atoms with Crippen LogP contribution in [-0.4, -0.2) is 36.4 Å². The molecule has 3 rings (SSSR count). The lowest BCUT2D eigenvalue weighted by Crippen LogP contribution is -2.35. The van der Waals surface area contributed by atoms with Crippen molar-refractivity contribution >= 4 is 16.8 Å². The molecule has 1 heterocycles. The van der Waals surface area contributed by atoms with Gasteiger partial charge in [0, 0.05) is 18.1 Å². The fraction of sp³-hybridized carbons (Fsp3) is 0.238. The number of likely N-dealkylation sites (N-methyl/N-ethyl adjacent to an activating group) is 1. The Morgan fingerprint density at radius 3 is 2.36 bits per heavy atom. The molecule has 0 radical (unpaired) electrons. The van der Waals surface area contributed by atoms with Gasteiger partial charge >= 0.3 is 6.18 Å². The molecule has 28 heavy (non-hydrogen) atoms. The fourth-order valence-electron chi connectivity index (χ4n) is 3.18. The summed E-state index contributed by atoms with van der Waals surface area (Å²) in [6, 6.07) is 15.2. The van der Waals surface area contributed by atoms with E-state index in [4.69, 9.17) is 0 Å². The quantitative estimate of drug-likeness (QED) is 0.711. The number of aromatic nitrogens is 1. The topological polar surface area (TPSA) is 45.2 Å². The van der Waals surface area contributed by atoms with Crippen LogP contribution in [0.25, 0.3) is 10.9 Å². The van der Waals surface area contributed by atoms with Crippen LogP contribution < -0.4 is 5.32 Å². The number of nitrogens with zero attached hydrogens (tertiary/aromatic N) is 2. The molecule has 0 spiro atoms. The van der Waals surface area contributed by atoms with Crippen molar-refractivity contribution in [1.29, 1.82) is 0 Å². The van der Waals surface area contributed by atoms with E-state index in [0.717, 1.165) is 11.8 Å². The first-order valence-electron chi connectivity index (χ1n) is 8.73. The smallest absolute Gasteiger partial charge is 0.350 e. The van der Waals surface area contributed by atoms with Crippen molar-refractivity contribution in [2.45, 2.75) is 12.2 Å².